The molecular weight excluding hydrogens is 235 g/mol. The summed E-state index contributed by atoms with van der Waals surface area (Å²) in [6.45, 7) is 2.96. The number of hydrogen-bond acceptors (Lipinski definition) is 2. The normalized spacial score (nSPS) is 27.3. The van der Waals surface area contributed by atoms with Crippen LogP contribution < -0.4 is 0 Å². The van der Waals surface area contributed by atoms with Crippen LogP contribution in [0.3, 0.4) is 0 Å². The van der Waals surface area contributed by atoms with Gasteiger partial charge < -0.3 is 10.0 Å². The summed E-state index contributed by atoms with van der Waals surface area (Å²) in [6, 6.07) is 0. The molecule has 6 heteroatoms. The van der Waals surface area contributed by atoms with E-state index in [0.29, 0.717) is 6.42 Å². The number of likely N-dealkylation sites (tertiary alicyclic amines) is 1. The summed E-state index contributed by atoms with van der Waals surface area (Å²) < 4.78 is 37.6. The molecule has 1 N–H and O–H groups in total. The van der Waals surface area contributed by atoms with E-state index in [0.717, 1.165) is 11.3 Å². The van der Waals surface area contributed by atoms with E-state index in [1.165, 1.54) is 0 Å². The van der Waals surface area contributed by atoms with Crippen LogP contribution in [0.5, 0.6) is 0 Å². The lowest BCUT2D eigenvalue weighted by molar-refractivity contribution is -0.253. The van der Waals surface area contributed by atoms with E-state index in [2.05, 4.69) is 0 Å². The fourth-order valence-corrected chi connectivity index (χ4v) is 2.08. The second kappa shape index (κ2) is 4.84. The SMILES string of the molecule is CCCC(C)C(=O)N1CCC(O)(C(F)(F)F)C1. The second-order valence-electron chi connectivity index (χ2n) is 4.73. The minimum atomic E-state index is -4.67. The fraction of sp³-hybridized carbons (Fsp3) is 0.909. The zero-order valence-corrected chi connectivity index (χ0v) is 10.0. The summed E-state index contributed by atoms with van der Waals surface area (Å²) in [4.78, 5) is 12.9. The van der Waals surface area contributed by atoms with Crippen molar-refractivity contribution in [3.8, 4) is 0 Å². The minimum absolute atomic E-state index is 0.0249. The predicted molar refractivity (Wildman–Crippen MR) is 56.3 cm³/mol. The van der Waals surface area contributed by atoms with Gasteiger partial charge in [-0.3, -0.25) is 4.79 Å². The molecule has 2 atom stereocenters. The third-order valence-electron chi connectivity index (χ3n) is 3.23. The number of amides is 1. The second-order valence-corrected chi connectivity index (χ2v) is 4.73. The largest absolute Gasteiger partial charge is 0.419 e. The van der Waals surface area contributed by atoms with Gasteiger partial charge in [-0.25, -0.2) is 0 Å². The van der Waals surface area contributed by atoms with Gasteiger partial charge in [-0.2, -0.15) is 13.2 Å². The van der Waals surface area contributed by atoms with Crippen LogP contribution >= 0.6 is 0 Å². The smallest absolute Gasteiger partial charge is 0.379 e. The van der Waals surface area contributed by atoms with E-state index in [4.69, 9.17) is 0 Å². The first-order valence-electron chi connectivity index (χ1n) is 5.79. The molecular formula is C11H18F3NO2. The Hall–Kier alpha value is -0.780. The van der Waals surface area contributed by atoms with Crippen LogP contribution in [-0.2, 0) is 4.79 Å². The lowest BCUT2D eigenvalue weighted by Crippen LogP contribution is -2.48. The molecule has 0 bridgehead atoms. The summed E-state index contributed by atoms with van der Waals surface area (Å²) in [5.41, 5.74) is -2.73. The van der Waals surface area contributed by atoms with Gasteiger partial charge in [-0.05, 0) is 6.42 Å². The van der Waals surface area contributed by atoms with Gasteiger partial charge in [-0.15, -0.1) is 0 Å². The van der Waals surface area contributed by atoms with Crippen LogP contribution in [0.15, 0.2) is 0 Å². The number of carbonyl (C=O) groups is 1. The molecule has 100 valence electrons. The Morgan fingerprint density at radius 3 is 2.53 bits per heavy atom. The van der Waals surface area contributed by atoms with E-state index in [1.54, 1.807) is 6.92 Å². The van der Waals surface area contributed by atoms with Crippen molar-refractivity contribution in [3.63, 3.8) is 0 Å². The van der Waals surface area contributed by atoms with Crippen molar-refractivity contribution >= 4 is 5.91 Å². The maximum atomic E-state index is 12.5. The fourth-order valence-electron chi connectivity index (χ4n) is 2.08. The Bertz CT molecular complexity index is 293. The Morgan fingerprint density at radius 1 is 1.53 bits per heavy atom. The molecule has 1 rings (SSSR count). The monoisotopic (exact) mass is 253 g/mol. The van der Waals surface area contributed by atoms with Crippen molar-refractivity contribution in [2.24, 2.45) is 5.92 Å². The maximum Gasteiger partial charge on any atom is 0.419 e. The van der Waals surface area contributed by atoms with Crippen LogP contribution in [0.4, 0.5) is 13.2 Å². The van der Waals surface area contributed by atoms with Gasteiger partial charge in [0.15, 0.2) is 5.60 Å². The lowest BCUT2D eigenvalue weighted by atomic mass is 10.0. The average Bonchev–Trinajstić information content (AvgIpc) is 2.60. The van der Waals surface area contributed by atoms with Crippen molar-refractivity contribution in [2.45, 2.75) is 44.9 Å². The topological polar surface area (TPSA) is 40.5 Å². The average molecular weight is 253 g/mol. The van der Waals surface area contributed by atoms with Gasteiger partial charge in [0.2, 0.25) is 5.91 Å². The number of carbonyl (C=O) groups excluding carboxylic acids is 1. The summed E-state index contributed by atoms with van der Waals surface area (Å²) in [5.74, 6) is -0.581. The predicted octanol–water partition coefficient (Wildman–Crippen LogP) is 1.95. The molecule has 0 aromatic rings. The number of nitrogens with zero attached hydrogens (tertiary/aromatic N) is 1. The van der Waals surface area contributed by atoms with E-state index in [9.17, 15) is 23.1 Å². The summed E-state index contributed by atoms with van der Waals surface area (Å²) in [5, 5.41) is 9.44. The Labute approximate surface area is 98.6 Å². The van der Waals surface area contributed by atoms with Gasteiger partial charge in [0.05, 0.1) is 6.54 Å². The first kappa shape index (κ1) is 14.3. The number of halogens is 3. The quantitative estimate of drug-likeness (QED) is 0.835. The number of aliphatic hydroxyl groups is 1. The van der Waals surface area contributed by atoms with Crippen molar-refractivity contribution in [3.05, 3.63) is 0 Å². The number of rotatable bonds is 3. The number of alkyl halides is 3. The molecule has 0 saturated carbocycles. The van der Waals surface area contributed by atoms with Crippen LogP contribution in [0.2, 0.25) is 0 Å². The zero-order valence-electron chi connectivity index (χ0n) is 10.0. The molecule has 3 nitrogen and oxygen atoms in total. The van der Waals surface area contributed by atoms with Gasteiger partial charge >= 0.3 is 6.18 Å². The molecule has 0 spiro atoms. The van der Waals surface area contributed by atoms with Crippen LogP contribution in [0.25, 0.3) is 0 Å². The molecule has 1 heterocycles. The Kier molecular flexibility index (Phi) is 4.06. The van der Waals surface area contributed by atoms with E-state index >= 15 is 0 Å². The highest BCUT2D eigenvalue weighted by atomic mass is 19.4. The van der Waals surface area contributed by atoms with Gasteiger partial charge in [0.1, 0.15) is 0 Å². The maximum absolute atomic E-state index is 12.5. The van der Waals surface area contributed by atoms with Gasteiger partial charge in [0, 0.05) is 18.9 Å². The molecule has 1 aliphatic heterocycles. The van der Waals surface area contributed by atoms with E-state index in [1.807, 2.05) is 6.92 Å². The van der Waals surface area contributed by atoms with Crippen molar-refractivity contribution in [1.29, 1.82) is 0 Å². The highest BCUT2D eigenvalue weighted by Gasteiger charge is 2.57. The zero-order chi connectivity index (χ0) is 13.3. The van der Waals surface area contributed by atoms with E-state index in [-0.39, 0.29) is 18.4 Å². The van der Waals surface area contributed by atoms with Gasteiger partial charge in [-0.1, -0.05) is 20.3 Å². The van der Waals surface area contributed by atoms with E-state index < -0.39 is 24.7 Å². The van der Waals surface area contributed by atoms with Crippen LogP contribution in [-0.4, -0.2) is 40.8 Å². The first-order valence-corrected chi connectivity index (χ1v) is 5.79. The minimum Gasteiger partial charge on any atom is -0.379 e. The van der Waals surface area contributed by atoms with Crippen LogP contribution in [0, 0.1) is 5.92 Å². The van der Waals surface area contributed by atoms with Crippen molar-refractivity contribution in [1.82, 2.24) is 4.90 Å². The molecule has 1 amide bonds. The molecule has 0 aromatic carbocycles. The highest BCUT2D eigenvalue weighted by molar-refractivity contribution is 5.78. The third-order valence-corrected chi connectivity index (χ3v) is 3.23. The standard InChI is InChI=1S/C11H18F3NO2/c1-3-4-8(2)9(16)15-6-5-10(17,7-15)11(12,13)14/h8,17H,3-7H2,1-2H3. The first-order chi connectivity index (χ1) is 7.71. The molecule has 2 unspecified atom stereocenters. The molecule has 0 aromatic heterocycles. The van der Waals surface area contributed by atoms with Crippen molar-refractivity contribution < 1.29 is 23.1 Å². The van der Waals surface area contributed by atoms with Crippen LogP contribution in [0.1, 0.15) is 33.1 Å². The molecule has 17 heavy (non-hydrogen) atoms. The third kappa shape index (κ3) is 2.91. The van der Waals surface area contributed by atoms with Gasteiger partial charge in [0.25, 0.3) is 0 Å². The Morgan fingerprint density at radius 2 is 2.12 bits per heavy atom. The number of hydrogen-bond donors (Lipinski definition) is 1. The molecule has 0 radical (unpaired) electrons. The highest BCUT2D eigenvalue weighted by Crippen LogP contribution is 2.38. The molecule has 1 saturated heterocycles. The summed E-state index contributed by atoms with van der Waals surface area (Å²) >= 11 is 0. The number of β-amino-alcohol motifs (C(OH)–C–C–N with tert-alkyl or cyclic N) is 1. The summed E-state index contributed by atoms with van der Waals surface area (Å²) in [7, 11) is 0. The summed E-state index contributed by atoms with van der Waals surface area (Å²) in [6.07, 6.45) is -3.64. The Balaban J connectivity index is 2.65. The molecule has 0 aliphatic carbocycles. The molecule has 1 aliphatic rings. The van der Waals surface area contributed by atoms with Crippen molar-refractivity contribution in [2.75, 3.05) is 13.1 Å². The lowest BCUT2D eigenvalue weighted by Gasteiger charge is -2.26. The molecule has 1 fully saturated rings.